The van der Waals surface area contributed by atoms with Gasteiger partial charge in [0.1, 0.15) is 29.1 Å². The largest absolute Gasteiger partial charge is 0.368 e. The van der Waals surface area contributed by atoms with Crippen LogP contribution in [0.5, 0.6) is 0 Å². The highest BCUT2D eigenvalue weighted by atomic mass is 35.5. The Bertz CT molecular complexity index is 970. The van der Waals surface area contributed by atoms with Gasteiger partial charge in [-0.2, -0.15) is 0 Å². The van der Waals surface area contributed by atoms with Gasteiger partial charge in [-0.3, -0.25) is 9.36 Å². The van der Waals surface area contributed by atoms with E-state index in [1.165, 1.54) is 12.1 Å². The Morgan fingerprint density at radius 1 is 1.25 bits per heavy atom. The van der Waals surface area contributed by atoms with E-state index in [2.05, 4.69) is 25.6 Å². The van der Waals surface area contributed by atoms with Gasteiger partial charge in [-0.15, -0.1) is 0 Å². The van der Waals surface area contributed by atoms with Crippen molar-refractivity contribution in [3.63, 3.8) is 0 Å². The molecule has 3 aromatic rings. The zero-order valence-electron chi connectivity index (χ0n) is 15.5. The number of carbonyl (C=O) groups is 1. The van der Waals surface area contributed by atoms with Crippen molar-refractivity contribution in [1.82, 2.24) is 24.8 Å². The molecule has 1 aromatic carbocycles. The molecule has 0 unspecified atom stereocenters. The summed E-state index contributed by atoms with van der Waals surface area (Å²) in [6.07, 6.45) is 3.42. The number of aromatic nitrogens is 4. The fraction of sp³-hybridized carbons (Fsp3) is 0.263. The molecule has 1 amide bonds. The molecule has 0 spiro atoms. The zero-order chi connectivity index (χ0) is 20.1. The molecule has 28 heavy (non-hydrogen) atoms. The van der Waals surface area contributed by atoms with Gasteiger partial charge in [0.25, 0.3) is 0 Å². The number of nitrogens with one attached hydrogen (secondary N) is 2. The fourth-order valence-corrected chi connectivity index (χ4v) is 2.93. The third kappa shape index (κ3) is 4.83. The number of imidazole rings is 1. The Morgan fingerprint density at radius 2 is 2.07 bits per heavy atom. The van der Waals surface area contributed by atoms with Crippen molar-refractivity contribution in [3.05, 3.63) is 64.7 Å². The number of aryl methyl sites for hydroxylation is 2. The van der Waals surface area contributed by atoms with Gasteiger partial charge in [0.15, 0.2) is 0 Å². The van der Waals surface area contributed by atoms with E-state index in [1.54, 1.807) is 19.2 Å². The molecule has 2 heterocycles. The Morgan fingerprint density at radius 3 is 2.79 bits per heavy atom. The average Bonchev–Trinajstić information content (AvgIpc) is 3.07. The van der Waals surface area contributed by atoms with E-state index < -0.39 is 5.82 Å². The molecule has 2 N–H and O–H groups in total. The van der Waals surface area contributed by atoms with E-state index in [0.717, 1.165) is 5.82 Å². The average molecular weight is 403 g/mol. The normalized spacial score (nSPS) is 10.7. The summed E-state index contributed by atoms with van der Waals surface area (Å²) in [5.41, 5.74) is 0.196. The molecule has 0 radical (unpaired) electrons. The monoisotopic (exact) mass is 402 g/mol. The number of benzene rings is 1. The first-order chi connectivity index (χ1) is 13.4. The summed E-state index contributed by atoms with van der Waals surface area (Å²) >= 11 is 5.94. The van der Waals surface area contributed by atoms with Gasteiger partial charge < -0.3 is 10.6 Å². The summed E-state index contributed by atoms with van der Waals surface area (Å²) < 4.78 is 15.6. The Labute approximate surface area is 167 Å². The van der Waals surface area contributed by atoms with E-state index in [1.807, 2.05) is 23.8 Å². The smallest absolute Gasteiger partial charge is 0.224 e. The summed E-state index contributed by atoms with van der Waals surface area (Å²) in [6, 6.07) is 6.16. The standard InChI is InChI=1S/C19H20ClFN6O/c1-12-25-17(11-18(26-12)27-9-8-22-13(27)2)23-6-7-24-19(28)10-14-15(20)4-3-5-16(14)21/h3-5,8-9,11H,6-7,10H2,1-2H3,(H,24,28)(H,23,25,26). The molecular weight excluding hydrogens is 383 g/mol. The molecule has 146 valence electrons. The second-order valence-corrected chi connectivity index (χ2v) is 6.56. The lowest BCUT2D eigenvalue weighted by Gasteiger charge is -2.11. The molecule has 0 aliphatic heterocycles. The third-order valence-electron chi connectivity index (χ3n) is 4.05. The number of rotatable bonds is 7. The predicted octanol–water partition coefficient (Wildman–Crippen LogP) is 2.84. The molecule has 0 aliphatic rings. The van der Waals surface area contributed by atoms with Gasteiger partial charge >= 0.3 is 0 Å². The van der Waals surface area contributed by atoms with Crippen molar-refractivity contribution in [2.75, 3.05) is 18.4 Å². The quantitative estimate of drug-likeness (QED) is 0.593. The highest BCUT2D eigenvalue weighted by Gasteiger charge is 2.11. The van der Waals surface area contributed by atoms with Crippen LogP contribution in [0.4, 0.5) is 10.2 Å². The van der Waals surface area contributed by atoms with Crippen molar-refractivity contribution in [1.29, 1.82) is 0 Å². The van der Waals surface area contributed by atoms with Gasteiger partial charge in [-0.1, -0.05) is 17.7 Å². The number of carbonyl (C=O) groups excluding carboxylic acids is 1. The topological polar surface area (TPSA) is 84.7 Å². The first kappa shape index (κ1) is 19.8. The van der Waals surface area contributed by atoms with Gasteiger partial charge in [0, 0.05) is 42.1 Å². The minimum atomic E-state index is -0.487. The molecule has 0 bridgehead atoms. The zero-order valence-corrected chi connectivity index (χ0v) is 16.3. The van der Waals surface area contributed by atoms with Crippen molar-refractivity contribution in [3.8, 4) is 5.82 Å². The first-order valence-corrected chi connectivity index (χ1v) is 9.11. The lowest BCUT2D eigenvalue weighted by Crippen LogP contribution is -2.30. The molecule has 0 atom stereocenters. The minimum Gasteiger partial charge on any atom is -0.368 e. The minimum absolute atomic E-state index is 0.109. The lowest BCUT2D eigenvalue weighted by molar-refractivity contribution is -0.120. The molecule has 3 rings (SSSR count). The molecule has 0 saturated carbocycles. The van der Waals surface area contributed by atoms with Crippen molar-refractivity contribution in [2.45, 2.75) is 20.3 Å². The highest BCUT2D eigenvalue weighted by molar-refractivity contribution is 6.31. The number of amides is 1. The number of nitrogens with zero attached hydrogens (tertiary/aromatic N) is 4. The summed E-state index contributed by atoms with van der Waals surface area (Å²) in [4.78, 5) is 25.0. The van der Waals surface area contributed by atoms with Crippen LogP contribution >= 0.6 is 11.6 Å². The molecule has 9 heteroatoms. The molecule has 2 aromatic heterocycles. The van der Waals surface area contributed by atoms with Gasteiger partial charge in [0.05, 0.1) is 6.42 Å². The van der Waals surface area contributed by atoms with E-state index in [9.17, 15) is 9.18 Å². The van der Waals surface area contributed by atoms with E-state index in [0.29, 0.717) is 30.5 Å². The molecule has 0 fully saturated rings. The van der Waals surface area contributed by atoms with Crippen molar-refractivity contribution >= 4 is 23.3 Å². The summed E-state index contributed by atoms with van der Waals surface area (Å²) in [5, 5.41) is 6.13. The third-order valence-corrected chi connectivity index (χ3v) is 4.40. The Kier molecular flexibility index (Phi) is 6.20. The van der Waals surface area contributed by atoms with Crippen LogP contribution in [-0.2, 0) is 11.2 Å². The van der Waals surface area contributed by atoms with Crippen LogP contribution in [0.15, 0.2) is 36.7 Å². The van der Waals surface area contributed by atoms with Crippen molar-refractivity contribution in [2.24, 2.45) is 0 Å². The van der Waals surface area contributed by atoms with Gasteiger partial charge in [-0.05, 0) is 26.0 Å². The fourth-order valence-electron chi connectivity index (χ4n) is 2.70. The van der Waals surface area contributed by atoms with Crippen molar-refractivity contribution < 1.29 is 9.18 Å². The van der Waals surface area contributed by atoms with Crippen LogP contribution in [0.1, 0.15) is 17.2 Å². The first-order valence-electron chi connectivity index (χ1n) is 8.73. The van der Waals surface area contributed by atoms with Crippen LogP contribution in [0.2, 0.25) is 5.02 Å². The van der Waals surface area contributed by atoms with Crippen LogP contribution < -0.4 is 10.6 Å². The van der Waals surface area contributed by atoms with Gasteiger partial charge in [0.2, 0.25) is 5.91 Å². The molecule has 0 saturated heterocycles. The van der Waals surface area contributed by atoms with E-state index in [-0.39, 0.29) is 22.9 Å². The maximum Gasteiger partial charge on any atom is 0.224 e. The van der Waals surface area contributed by atoms with E-state index >= 15 is 0 Å². The second kappa shape index (κ2) is 8.79. The van der Waals surface area contributed by atoms with Crippen LogP contribution in [0.3, 0.4) is 0 Å². The number of halogens is 2. The van der Waals surface area contributed by atoms with Crippen LogP contribution in [0.25, 0.3) is 5.82 Å². The maximum absolute atomic E-state index is 13.7. The molecular formula is C19H20ClFN6O. The number of anilines is 1. The number of hydrogen-bond acceptors (Lipinski definition) is 5. The Hall–Kier alpha value is -3.00. The maximum atomic E-state index is 13.7. The van der Waals surface area contributed by atoms with Crippen LogP contribution in [-0.4, -0.2) is 38.5 Å². The summed E-state index contributed by atoms with van der Waals surface area (Å²) in [5.74, 6) is 2.00. The SMILES string of the molecule is Cc1nc(NCCNC(=O)Cc2c(F)cccc2Cl)cc(-n2ccnc2C)n1. The summed E-state index contributed by atoms with van der Waals surface area (Å²) in [6.45, 7) is 4.51. The molecule has 0 aliphatic carbocycles. The lowest BCUT2D eigenvalue weighted by atomic mass is 10.1. The van der Waals surface area contributed by atoms with E-state index in [4.69, 9.17) is 11.6 Å². The van der Waals surface area contributed by atoms with Crippen LogP contribution in [0, 0.1) is 19.7 Å². The van der Waals surface area contributed by atoms with Gasteiger partial charge in [-0.25, -0.2) is 19.3 Å². The second-order valence-electron chi connectivity index (χ2n) is 6.16. The predicted molar refractivity (Wildman–Crippen MR) is 105 cm³/mol. The molecule has 7 nitrogen and oxygen atoms in total. The Balaban J connectivity index is 1.53. The summed E-state index contributed by atoms with van der Waals surface area (Å²) in [7, 11) is 0. The highest BCUT2D eigenvalue weighted by Crippen LogP contribution is 2.19. The number of hydrogen-bond donors (Lipinski definition) is 2.